The van der Waals surface area contributed by atoms with E-state index in [0.717, 1.165) is 0 Å². The van der Waals surface area contributed by atoms with Crippen LogP contribution in [0.15, 0.2) is 9.79 Å². The van der Waals surface area contributed by atoms with Crippen LogP contribution in [0, 0.1) is 58.2 Å². The first-order chi connectivity index (χ1) is 10.9. The molecular formula is C12H2CuF10S2. The topological polar surface area (TPSA) is 0 Å². The summed E-state index contributed by atoms with van der Waals surface area (Å²) in [6.45, 7) is 0. The van der Waals surface area contributed by atoms with Crippen molar-refractivity contribution in [2.24, 2.45) is 0 Å². The van der Waals surface area contributed by atoms with Gasteiger partial charge in [-0.2, -0.15) is 0 Å². The Hall–Kier alpha value is -1.04. The Labute approximate surface area is 154 Å². The Morgan fingerprint density at radius 3 is 0.600 bits per heavy atom. The van der Waals surface area contributed by atoms with Gasteiger partial charge in [-0.15, -0.1) is 25.3 Å². The second-order valence-electron chi connectivity index (χ2n) is 3.84. The monoisotopic (exact) mass is 463 g/mol. The summed E-state index contributed by atoms with van der Waals surface area (Å²) >= 11 is 6.20. The molecule has 0 unspecified atom stereocenters. The number of thiol groups is 2. The molecule has 0 amide bonds. The predicted octanol–water partition coefficient (Wildman–Crippen LogP) is 5.34. The minimum absolute atomic E-state index is 0. The molecule has 0 bridgehead atoms. The quantitative estimate of drug-likeness (QED) is 0.170. The molecule has 0 N–H and O–H groups in total. The Morgan fingerprint density at radius 2 is 0.440 bits per heavy atom. The van der Waals surface area contributed by atoms with Gasteiger partial charge in [-0.1, -0.05) is 0 Å². The van der Waals surface area contributed by atoms with Crippen LogP contribution < -0.4 is 0 Å². The fourth-order valence-corrected chi connectivity index (χ4v) is 1.58. The van der Waals surface area contributed by atoms with Gasteiger partial charge in [-0.25, -0.2) is 43.9 Å². The predicted molar refractivity (Wildman–Crippen MR) is 67.0 cm³/mol. The number of hydrogen-bond acceptors (Lipinski definition) is 2. The first-order valence-corrected chi connectivity index (χ1v) is 6.23. The molecule has 0 fully saturated rings. The smallest absolute Gasteiger partial charge is 0.200 e. The van der Waals surface area contributed by atoms with Crippen molar-refractivity contribution in [1.29, 1.82) is 0 Å². The summed E-state index contributed by atoms with van der Waals surface area (Å²) in [7, 11) is 0. The van der Waals surface area contributed by atoms with Crippen molar-refractivity contribution in [2.45, 2.75) is 9.79 Å². The summed E-state index contributed by atoms with van der Waals surface area (Å²) in [6, 6.07) is 0. The van der Waals surface area contributed by atoms with Crippen molar-refractivity contribution in [3.05, 3.63) is 58.2 Å². The van der Waals surface area contributed by atoms with E-state index < -0.39 is 68.0 Å². The van der Waals surface area contributed by atoms with Gasteiger partial charge in [0.15, 0.2) is 46.5 Å². The molecule has 0 saturated heterocycles. The van der Waals surface area contributed by atoms with E-state index in [1.807, 2.05) is 0 Å². The molecule has 0 aromatic heterocycles. The molecule has 0 heterocycles. The number of hydrogen-bond donors (Lipinski definition) is 2. The van der Waals surface area contributed by atoms with E-state index in [0.29, 0.717) is 0 Å². The van der Waals surface area contributed by atoms with E-state index in [-0.39, 0.29) is 17.1 Å². The molecule has 2 rings (SSSR count). The molecular weight excluding hydrogens is 462 g/mol. The SMILES string of the molecule is Fc1c(F)c(F)c(S)c(F)c1F.Fc1c(F)c(F)c(S)c(F)c1F.[Cu]. The van der Waals surface area contributed by atoms with Crippen LogP contribution in [0.5, 0.6) is 0 Å². The molecule has 0 aliphatic carbocycles. The Bertz CT molecular complexity index is 534. The Balaban J connectivity index is 0.000000443. The van der Waals surface area contributed by atoms with Crippen LogP contribution >= 0.6 is 25.3 Å². The first kappa shape index (κ1) is 24.0. The fraction of sp³-hybridized carbons (Fsp3) is 0. The maximum atomic E-state index is 12.3. The maximum Gasteiger partial charge on any atom is 0.200 e. The standard InChI is InChI=1S/2C6HF5S.Cu/c2*7-1-2(8)4(10)6(12)5(11)3(1)9;/h2*12H;. The number of rotatable bonds is 0. The first-order valence-electron chi connectivity index (χ1n) is 5.34. The van der Waals surface area contributed by atoms with E-state index in [4.69, 9.17) is 0 Å². The maximum absolute atomic E-state index is 12.3. The molecule has 0 nitrogen and oxygen atoms in total. The van der Waals surface area contributed by atoms with Gasteiger partial charge in [-0.05, 0) is 0 Å². The van der Waals surface area contributed by atoms with E-state index in [2.05, 4.69) is 25.3 Å². The summed E-state index contributed by atoms with van der Waals surface area (Å²) in [4.78, 5) is -2.35. The molecule has 13 heteroatoms. The van der Waals surface area contributed by atoms with Gasteiger partial charge in [-0.3, -0.25) is 0 Å². The van der Waals surface area contributed by atoms with Gasteiger partial charge < -0.3 is 0 Å². The van der Waals surface area contributed by atoms with Crippen LogP contribution in [0.1, 0.15) is 0 Å². The van der Waals surface area contributed by atoms with Gasteiger partial charge in [0, 0.05) is 17.1 Å². The van der Waals surface area contributed by atoms with Crippen molar-refractivity contribution >= 4 is 25.3 Å². The molecule has 0 saturated carbocycles. The molecule has 143 valence electrons. The number of benzene rings is 2. The molecule has 0 aliphatic heterocycles. The third-order valence-electron chi connectivity index (χ3n) is 2.37. The zero-order valence-electron chi connectivity index (χ0n) is 11.0. The molecule has 0 spiro atoms. The molecule has 0 aliphatic rings. The number of halogens is 10. The summed E-state index contributed by atoms with van der Waals surface area (Å²) in [6.07, 6.45) is 0. The zero-order valence-corrected chi connectivity index (χ0v) is 13.7. The molecule has 0 atom stereocenters. The van der Waals surface area contributed by atoms with Crippen LogP contribution in [0.2, 0.25) is 0 Å². The van der Waals surface area contributed by atoms with E-state index in [1.54, 1.807) is 0 Å². The van der Waals surface area contributed by atoms with Crippen LogP contribution in [-0.2, 0) is 17.1 Å². The second-order valence-corrected chi connectivity index (χ2v) is 4.73. The van der Waals surface area contributed by atoms with Crippen molar-refractivity contribution < 1.29 is 61.0 Å². The van der Waals surface area contributed by atoms with Crippen LogP contribution in [0.3, 0.4) is 0 Å². The molecule has 2 aromatic rings. The van der Waals surface area contributed by atoms with Gasteiger partial charge in [0.1, 0.15) is 0 Å². The largest absolute Gasteiger partial charge is 0.202 e. The molecule has 25 heavy (non-hydrogen) atoms. The molecule has 2 aromatic carbocycles. The van der Waals surface area contributed by atoms with Crippen molar-refractivity contribution in [1.82, 2.24) is 0 Å². The van der Waals surface area contributed by atoms with E-state index in [1.165, 1.54) is 0 Å². The van der Waals surface area contributed by atoms with Crippen LogP contribution in [-0.4, -0.2) is 0 Å². The second kappa shape index (κ2) is 9.06. The Kier molecular flexibility index (Phi) is 8.68. The van der Waals surface area contributed by atoms with Gasteiger partial charge in [0.05, 0.1) is 9.79 Å². The summed E-state index contributed by atoms with van der Waals surface area (Å²) in [5.74, 6) is -20.0. The van der Waals surface area contributed by atoms with Gasteiger partial charge in [0.2, 0.25) is 11.6 Å². The zero-order chi connectivity index (χ0) is 18.9. The normalized spacial score (nSPS) is 10.1. The van der Waals surface area contributed by atoms with Gasteiger partial charge >= 0.3 is 0 Å². The van der Waals surface area contributed by atoms with Crippen molar-refractivity contribution in [2.75, 3.05) is 0 Å². The summed E-state index contributed by atoms with van der Waals surface area (Å²) in [5.41, 5.74) is 0. The molecule has 1 radical (unpaired) electrons. The van der Waals surface area contributed by atoms with E-state index in [9.17, 15) is 43.9 Å². The minimum Gasteiger partial charge on any atom is -0.202 e. The van der Waals surface area contributed by atoms with Gasteiger partial charge in [0.25, 0.3) is 0 Å². The minimum atomic E-state index is -2.18. The summed E-state index contributed by atoms with van der Waals surface area (Å²) < 4.78 is 123. The fourth-order valence-electron chi connectivity index (χ4n) is 1.19. The Morgan fingerprint density at radius 1 is 0.320 bits per heavy atom. The van der Waals surface area contributed by atoms with Crippen LogP contribution in [0.25, 0.3) is 0 Å². The van der Waals surface area contributed by atoms with Crippen molar-refractivity contribution in [3.8, 4) is 0 Å². The third-order valence-corrected chi connectivity index (χ3v) is 3.16. The average Bonchev–Trinajstić information content (AvgIpc) is 2.58. The van der Waals surface area contributed by atoms with E-state index >= 15 is 0 Å². The van der Waals surface area contributed by atoms with Crippen molar-refractivity contribution in [3.63, 3.8) is 0 Å². The average molecular weight is 464 g/mol. The van der Waals surface area contributed by atoms with Crippen LogP contribution in [0.4, 0.5) is 43.9 Å². The summed E-state index contributed by atoms with van der Waals surface area (Å²) in [5, 5.41) is 0. The third kappa shape index (κ3) is 4.57.